The molecule has 2 aliphatic heterocycles. The van der Waals surface area contributed by atoms with Gasteiger partial charge >= 0.3 is 6.03 Å². The smallest absolute Gasteiger partial charge is 0.322 e. The van der Waals surface area contributed by atoms with Crippen molar-refractivity contribution in [2.45, 2.75) is 37.8 Å². The summed E-state index contributed by atoms with van der Waals surface area (Å²) in [6, 6.07) is 13.5. The monoisotopic (exact) mass is 471 g/mol. The molecule has 4 rings (SSSR count). The fraction of sp³-hybridized carbons (Fsp3) is 0.440. The summed E-state index contributed by atoms with van der Waals surface area (Å²) in [5.41, 5.74) is 1.27. The fourth-order valence-corrected chi connectivity index (χ4v) is 5.33. The van der Waals surface area contributed by atoms with Gasteiger partial charge in [-0.15, -0.1) is 0 Å². The first-order chi connectivity index (χ1) is 16.0. The number of carbonyl (C=O) groups excluding carboxylic acids is 2. The predicted molar refractivity (Wildman–Crippen MR) is 127 cm³/mol. The van der Waals surface area contributed by atoms with Gasteiger partial charge in [0.15, 0.2) is 11.5 Å². The summed E-state index contributed by atoms with van der Waals surface area (Å²) in [4.78, 5) is 27.3. The van der Waals surface area contributed by atoms with E-state index in [2.05, 4.69) is 27.7 Å². The van der Waals surface area contributed by atoms with E-state index in [0.717, 1.165) is 43.5 Å². The maximum atomic E-state index is 12.9. The molecule has 0 aromatic heterocycles. The Hall–Kier alpha value is -2.77. The lowest BCUT2D eigenvalue weighted by molar-refractivity contribution is -0.127. The highest BCUT2D eigenvalue weighted by Gasteiger charge is 2.51. The van der Waals surface area contributed by atoms with Crippen molar-refractivity contribution in [3.05, 3.63) is 58.6 Å². The molecule has 0 aliphatic carbocycles. The first kappa shape index (κ1) is 23.4. The van der Waals surface area contributed by atoms with Crippen LogP contribution in [0.4, 0.5) is 4.79 Å². The molecule has 0 radical (unpaired) electrons. The molecule has 2 aromatic carbocycles. The number of benzene rings is 2. The number of rotatable bonds is 8. The van der Waals surface area contributed by atoms with E-state index >= 15 is 0 Å². The quantitative estimate of drug-likeness (QED) is 0.573. The lowest BCUT2D eigenvalue weighted by Gasteiger charge is -2.41. The highest BCUT2D eigenvalue weighted by atomic mass is 35.5. The van der Waals surface area contributed by atoms with Crippen molar-refractivity contribution in [2.75, 3.05) is 27.3 Å². The molecule has 176 valence electrons. The van der Waals surface area contributed by atoms with Crippen molar-refractivity contribution in [2.24, 2.45) is 5.92 Å². The van der Waals surface area contributed by atoms with E-state index in [4.69, 9.17) is 21.1 Å². The Kier molecular flexibility index (Phi) is 7.10. The molecule has 1 atom stereocenters. The zero-order chi connectivity index (χ0) is 23.4. The molecule has 3 amide bonds. The van der Waals surface area contributed by atoms with Gasteiger partial charge in [-0.1, -0.05) is 48.0 Å². The zero-order valence-electron chi connectivity index (χ0n) is 19.0. The van der Waals surface area contributed by atoms with Gasteiger partial charge in [0.25, 0.3) is 5.91 Å². The summed E-state index contributed by atoms with van der Waals surface area (Å²) in [6.07, 6.45) is 2.94. The van der Waals surface area contributed by atoms with Gasteiger partial charge in [0.05, 0.1) is 19.2 Å². The predicted octanol–water partition coefficient (Wildman–Crippen LogP) is 3.78. The van der Waals surface area contributed by atoms with E-state index in [1.165, 1.54) is 0 Å². The number of imide groups is 1. The third-order valence-electron chi connectivity index (χ3n) is 6.86. The minimum Gasteiger partial charge on any atom is -0.493 e. The van der Waals surface area contributed by atoms with E-state index in [1.807, 2.05) is 30.3 Å². The van der Waals surface area contributed by atoms with Crippen molar-refractivity contribution in [3.8, 4) is 11.5 Å². The van der Waals surface area contributed by atoms with Crippen LogP contribution in [0.25, 0.3) is 0 Å². The second-order valence-electron chi connectivity index (χ2n) is 8.69. The molecule has 8 heteroatoms. The van der Waals surface area contributed by atoms with Crippen LogP contribution >= 0.6 is 11.6 Å². The molecule has 33 heavy (non-hydrogen) atoms. The number of amides is 3. The second-order valence-corrected chi connectivity index (χ2v) is 9.07. The van der Waals surface area contributed by atoms with Gasteiger partial charge in [0.1, 0.15) is 5.54 Å². The average molecular weight is 472 g/mol. The van der Waals surface area contributed by atoms with Crippen LogP contribution in [0.15, 0.2) is 42.5 Å². The maximum absolute atomic E-state index is 12.9. The number of methoxy groups -OCH3 is 2. The number of urea groups is 1. The van der Waals surface area contributed by atoms with Gasteiger partial charge in [-0.05, 0) is 61.9 Å². The Balaban J connectivity index is 1.44. The number of piperidine rings is 1. The molecule has 2 aromatic rings. The largest absolute Gasteiger partial charge is 0.493 e. The lowest BCUT2D eigenvalue weighted by atomic mass is 9.74. The zero-order valence-corrected chi connectivity index (χ0v) is 19.8. The molecule has 2 fully saturated rings. The van der Waals surface area contributed by atoms with Crippen LogP contribution in [0.2, 0.25) is 5.02 Å². The van der Waals surface area contributed by atoms with Gasteiger partial charge in [-0.3, -0.25) is 15.0 Å². The Morgan fingerprint density at radius 3 is 2.39 bits per heavy atom. The summed E-state index contributed by atoms with van der Waals surface area (Å²) in [7, 11) is 3.17. The molecule has 2 saturated heterocycles. The van der Waals surface area contributed by atoms with Crippen LogP contribution in [0, 0.1) is 5.92 Å². The molecule has 2 N–H and O–H groups in total. The van der Waals surface area contributed by atoms with Crippen LogP contribution in [0.1, 0.15) is 30.4 Å². The highest BCUT2D eigenvalue weighted by molar-refractivity contribution is 6.33. The van der Waals surface area contributed by atoms with Gasteiger partial charge < -0.3 is 14.8 Å². The number of carbonyl (C=O) groups is 2. The second kappa shape index (κ2) is 10.0. The third kappa shape index (κ3) is 4.80. The van der Waals surface area contributed by atoms with E-state index in [-0.39, 0.29) is 11.8 Å². The van der Waals surface area contributed by atoms with E-state index in [1.54, 1.807) is 14.2 Å². The molecular weight excluding hydrogens is 442 g/mol. The fourth-order valence-electron chi connectivity index (χ4n) is 5.04. The van der Waals surface area contributed by atoms with Gasteiger partial charge in [-0.2, -0.15) is 0 Å². The Morgan fingerprint density at radius 2 is 1.79 bits per heavy atom. The molecule has 0 bridgehead atoms. The summed E-state index contributed by atoms with van der Waals surface area (Å²) in [5.74, 6) is 1.01. The number of ether oxygens (including phenoxy) is 2. The van der Waals surface area contributed by atoms with Crippen LogP contribution in [-0.2, 0) is 17.8 Å². The Labute approximate surface area is 199 Å². The number of likely N-dealkylation sites (tertiary alicyclic amines) is 1. The molecule has 0 spiro atoms. The third-order valence-corrected chi connectivity index (χ3v) is 7.28. The number of nitrogens with zero attached hydrogens (tertiary/aromatic N) is 1. The van der Waals surface area contributed by atoms with Crippen molar-refractivity contribution in [1.82, 2.24) is 15.5 Å². The van der Waals surface area contributed by atoms with Gasteiger partial charge in [-0.25, -0.2) is 4.79 Å². The standard InChI is InChI=1S/C25H30ClN3O4/c1-32-20-9-8-18(21(26)22(20)33-2)16-29-14-11-19(12-15-29)25(23(30)27-24(31)28-25)13-10-17-6-4-3-5-7-17/h3-9,19H,10-16H2,1-2H3,(H2,27,28,30,31). The van der Waals surface area contributed by atoms with Crippen molar-refractivity contribution in [1.29, 1.82) is 0 Å². The summed E-state index contributed by atoms with van der Waals surface area (Å²) in [5, 5.41) is 6.02. The van der Waals surface area contributed by atoms with Crippen LogP contribution < -0.4 is 20.1 Å². The first-order valence-electron chi connectivity index (χ1n) is 11.3. The number of hydrogen-bond donors (Lipinski definition) is 2. The van der Waals surface area contributed by atoms with E-state index < -0.39 is 11.6 Å². The molecule has 1 unspecified atom stereocenters. The van der Waals surface area contributed by atoms with Gasteiger partial charge in [0, 0.05) is 6.54 Å². The number of hydrogen-bond acceptors (Lipinski definition) is 5. The summed E-state index contributed by atoms with van der Waals surface area (Å²) >= 11 is 6.57. The summed E-state index contributed by atoms with van der Waals surface area (Å²) < 4.78 is 10.7. The van der Waals surface area contributed by atoms with Crippen LogP contribution in [-0.4, -0.2) is 49.7 Å². The number of nitrogens with one attached hydrogen (secondary N) is 2. The molecule has 0 saturated carbocycles. The molecule has 2 aliphatic rings. The minimum atomic E-state index is -0.861. The minimum absolute atomic E-state index is 0.0739. The SMILES string of the molecule is COc1ccc(CN2CCC(C3(CCc4ccccc4)NC(=O)NC3=O)CC2)c(Cl)c1OC. The maximum Gasteiger partial charge on any atom is 0.322 e. The first-order valence-corrected chi connectivity index (χ1v) is 11.6. The number of halogens is 1. The topological polar surface area (TPSA) is 79.9 Å². The van der Waals surface area contributed by atoms with Crippen molar-refractivity contribution in [3.63, 3.8) is 0 Å². The molecule has 7 nitrogen and oxygen atoms in total. The van der Waals surface area contributed by atoms with E-state index in [0.29, 0.717) is 29.5 Å². The van der Waals surface area contributed by atoms with Gasteiger partial charge in [0.2, 0.25) is 0 Å². The van der Waals surface area contributed by atoms with Crippen molar-refractivity contribution >= 4 is 23.5 Å². The molecule has 2 heterocycles. The van der Waals surface area contributed by atoms with Crippen LogP contribution in [0.3, 0.4) is 0 Å². The Morgan fingerprint density at radius 1 is 1.06 bits per heavy atom. The lowest BCUT2D eigenvalue weighted by Crippen LogP contribution is -2.56. The average Bonchev–Trinajstić information content (AvgIpc) is 3.13. The van der Waals surface area contributed by atoms with E-state index in [9.17, 15) is 9.59 Å². The summed E-state index contributed by atoms with van der Waals surface area (Å²) in [6.45, 7) is 2.30. The van der Waals surface area contributed by atoms with Crippen molar-refractivity contribution < 1.29 is 19.1 Å². The Bertz CT molecular complexity index is 1010. The normalized spacial score (nSPS) is 21.5. The number of aryl methyl sites for hydroxylation is 1. The van der Waals surface area contributed by atoms with Crippen LogP contribution in [0.5, 0.6) is 11.5 Å². The molecular formula is C25H30ClN3O4. The highest BCUT2D eigenvalue weighted by Crippen LogP contribution is 2.39.